The number of rotatable bonds is 1. The van der Waals surface area contributed by atoms with E-state index in [1.54, 1.807) is 11.3 Å². The molecule has 1 heterocycles. The lowest BCUT2D eigenvalue weighted by molar-refractivity contribution is 0.252. The summed E-state index contributed by atoms with van der Waals surface area (Å²) in [5, 5.41) is 0. The molecular weight excluding hydrogens is 182 g/mol. The molecule has 0 aromatic heterocycles. The molecule has 0 radical (unpaired) electrons. The van der Waals surface area contributed by atoms with E-state index in [1.807, 2.05) is 0 Å². The van der Waals surface area contributed by atoms with Crippen LogP contribution in [0.25, 0.3) is 0 Å². The fourth-order valence-electron chi connectivity index (χ4n) is 3.35. The molecule has 0 bridgehead atoms. The van der Waals surface area contributed by atoms with E-state index in [-0.39, 0.29) is 0 Å². The quantitative estimate of drug-likeness (QED) is 0.632. The second kappa shape index (κ2) is 3.13. The minimum atomic E-state index is 0.659. The Morgan fingerprint density at radius 1 is 1.40 bits per heavy atom. The number of allylic oxidation sites excluding steroid dienone is 3. The molecule has 3 unspecified atom stereocenters. The fourth-order valence-corrected chi connectivity index (χ4v) is 3.35. The first kappa shape index (κ1) is 9.50. The Morgan fingerprint density at radius 2 is 2.20 bits per heavy atom. The van der Waals surface area contributed by atoms with Crippen molar-refractivity contribution in [2.75, 3.05) is 6.54 Å². The first-order valence-corrected chi connectivity index (χ1v) is 6.35. The van der Waals surface area contributed by atoms with E-state index < -0.39 is 0 Å². The molecule has 1 aliphatic heterocycles. The number of hydrogen-bond acceptors (Lipinski definition) is 1. The van der Waals surface area contributed by atoms with Crippen molar-refractivity contribution in [2.45, 2.75) is 39.7 Å². The van der Waals surface area contributed by atoms with Crippen molar-refractivity contribution in [1.29, 1.82) is 0 Å². The van der Waals surface area contributed by atoms with E-state index in [9.17, 15) is 0 Å². The van der Waals surface area contributed by atoms with Crippen molar-refractivity contribution >= 4 is 0 Å². The van der Waals surface area contributed by atoms with Crippen LogP contribution in [0.15, 0.2) is 23.4 Å². The average molecular weight is 203 g/mol. The summed E-state index contributed by atoms with van der Waals surface area (Å²) in [6.07, 6.45) is 7.46. The molecule has 1 fully saturated rings. The van der Waals surface area contributed by atoms with Crippen LogP contribution in [0.3, 0.4) is 0 Å². The van der Waals surface area contributed by atoms with Gasteiger partial charge in [-0.1, -0.05) is 13.0 Å². The van der Waals surface area contributed by atoms with Crippen molar-refractivity contribution in [3.8, 4) is 0 Å². The molecule has 0 aromatic rings. The van der Waals surface area contributed by atoms with Gasteiger partial charge in [0.1, 0.15) is 0 Å². The molecule has 1 nitrogen and oxygen atoms in total. The van der Waals surface area contributed by atoms with Crippen molar-refractivity contribution in [2.24, 2.45) is 17.8 Å². The maximum absolute atomic E-state index is 2.62. The summed E-state index contributed by atoms with van der Waals surface area (Å²) < 4.78 is 0. The van der Waals surface area contributed by atoms with Crippen LogP contribution in [0, 0.1) is 17.8 Å². The van der Waals surface area contributed by atoms with Gasteiger partial charge in [0.2, 0.25) is 0 Å². The largest absolute Gasteiger partial charge is 0.369 e. The summed E-state index contributed by atoms with van der Waals surface area (Å²) in [6, 6.07) is 0.659. The number of fused-ring (bicyclic) bond motifs is 2. The minimum Gasteiger partial charge on any atom is -0.369 e. The minimum absolute atomic E-state index is 0.659. The van der Waals surface area contributed by atoms with Crippen LogP contribution in [0.1, 0.15) is 33.6 Å². The van der Waals surface area contributed by atoms with Crippen LogP contribution in [0.5, 0.6) is 0 Å². The molecular formula is C14H21N. The van der Waals surface area contributed by atoms with Crippen LogP contribution in [-0.2, 0) is 0 Å². The first-order chi connectivity index (χ1) is 7.18. The third kappa shape index (κ3) is 1.36. The van der Waals surface area contributed by atoms with Crippen molar-refractivity contribution in [3.63, 3.8) is 0 Å². The van der Waals surface area contributed by atoms with E-state index in [0.717, 1.165) is 17.8 Å². The lowest BCUT2D eigenvalue weighted by atomic mass is 9.84. The van der Waals surface area contributed by atoms with Gasteiger partial charge in [0, 0.05) is 18.3 Å². The summed E-state index contributed by atoms with van der Waals surface area (Å²) in [5.74, 6) is 2.73. The Labute approximate surface area is 92.8 Å². The SMILES string of the molecule is CC1CC=CC2=C1C1CC1CN2C(C)C. The molecule has 0 saturated heterocycles. The molecule has 0 amide bonds. The van der Waals surface area contributed by atoms with E-state index >= 15 is 0 Å². The van der Waals surface area contributed by atoms with Gasteiger partial charge in [0.25, 0.3) is 0 Å². The molecule has 1 heteroatoms. The molecule has 0 aromatic carbocycles. The Balaban J connectivity index is 2.01. The van der Waals surface area contributed by atoms with Gasteiger partial charge in [0.15, 0.2) is 0 Å². The highest BCUT2D eigenvalue weighted by atomic mass is 15.2. The van der Waals surface area contributed by atoms with Crippen molar-refractivity contribution in [3.05, 3.63) is 23.4 Å². The third-order valence-corrected chi connectivity index (χ3v) is 4.28. The van der Waals surface area contributed by atoms with Crippen molar-refractivity contribution < 1.29 is 0 Å². The van der Waals surface area contributed by atoms with Crippen LogP contribution in [-0.4, -0.2) is 17.5 Å². The van der Waals surface area contributed by atoms with E-state index in [2.05, 4.69) is 37.8 Å². The zero-order valence-electron chi connectivity index (χ0n) is 10.0. The Morgan fingerprint density at radius 3 is 2.93 bits per heavy atom. The van der Waals surface area contributed by atoms with Gasteiger partial charge in [0.05, 0.1) is 0 Å². The average Bonchev–Trinajstić information content (AvgIpc) is 2.94. The molecule has 0 N–H and O–H groups in total. The lowest BCUT2D eigenvalue weighted by Crippen LogP contribution is -2.37. The highest BCUT2D eigenvalue weighted by molar-refractivity contribution is 5.38. The number of hydrogen-bond donors (Lipinski definition) is 0. The fraction of sp³-hybridized carbons (Fsp3) is 0.714. The summed E-state index contributed by atoms with van der Waals surface area (Å²) in [7, 11) is 0. The predicted molar refractivity (Wildman–Crippen MR) is 63.4 cm³/mol. The zero-order chi connectivity index (χ0) is 10.6. The topological polar surface area (TPSA) is 3.24 Å². The summed E-state index contributed by atoms with van der Waals surface area (Å²) >= 11 is 0. The van der Waals surface area contributed by atoms with Gasteiger partial charge in [-0.15, -0.1) is 0 Å². The van der Waals surface area contributed by atoms with E-state index in [4.69, 9.17) is 0 Å². The molecule has 0 spiro atoms. The van der Waals surface area contributed by atoms with E-state index in [0.29, 0.717) is 6.04 Å². The predicted octanol–water partition coefficient (Wildman–Crippen LogP) is 3.20. The van der Waals surface area contributed by atoms with Crippen LogP contribution in [0.2, 0.25) is 0 Å². The van der Waals surface area contributed by atoms with E-state index in [1.165, 1.54) is 19.4 Å². The third-order valence-electron chi connectivity index (χ3n) is 4.28. The molecule has 3 rings (SSSR count). The van der Waals surface area contributed by atoms with Gasteiger partial charge in [-0.25, -0.2) is 0 Å². The molecule has 15 heavy (non-hydrogen) atoms. The molecule has 82 valence electrons. The summed E-state index contributed by atoms with van der Waals surface area (Å²) in [6.45, 7) is 8.34. The van der Waals surface area contributed by atoms with Crippen LogP contribution >= 0.6 is 0 Å². The Kier molecular flexibility index (Phi) is 1.99. The number of nitrogens with zero attached hydrogens (tertiary/aromatic N) is 1. The standard InChI is InChI=1S/C14H21N/c1-9(2)15-8-11-7-12(11)14-10(3)5-4-6-13(14)15/h4,6,9-12H,5,7-8H2,1-3H3. The smallest absolute Gasteiger partial charge is 0.0363 e. The second-order valence-corrected chi connectivity index (χ2v) is 5.73. The molecule has 3 atom stereocenters. The monoisotopic (exact) mass is 203 g/mol. The second-order valence-electron chi connectivity index (χ2n) is 5.73. The molecule has 3 aliphatic rings. The molecule has 1 saturated carbocycles. The normalized spacial score (nSPS) is 38.1. The van der Waals surface area contributed by atoms with Crippen LogP contribution < -0.4 is 0 Å². The maximum Gasteiger partial charge on any atom is 0.0363 e. The van der Waals surface area contributed by atoms with Crippen LogP contribution in [0.4, 0.5) is 0 Å². The van der Waals surface area contributed by atoms with Gasteiger partial charge in [-0.3, -0.25) is 0 Å². The van der Waals surface area contributed by atoms with Crippen molar-refractivity contribution in [1.82, 2.24) is 4.90 Å². The summed E-state index contributed by atoms with van der Waals surface area (Å²) in [5.41, 5.74) is 3.35. The van der Waals surface area contributed by atoms with Gasteiger partial charge in [-0.2, -0.15) is 0 Å². The Hall–Kier alpha value is -0.720. The van der Waals surface area contributed by atoms with Gasteiger partial charge < -0.3 is 4.90 Å². The Bertz CT molecular complexity index is 337. The highest BCUT2D eigenvalue weighted by Gasteiger charge is 2.47. The summed E-state index contributed by atoms with van der Waals surface area (Å²) in [4.78, 5) is 2.62. The first-order valence-electron chi connectivity index (χ1n) is 6.35. The maximum atomic E-state index is 2.62. The molecule has 2 aliphatic carbocycles. The zero-order valence-corrected chi connectivity index (χ0v) is 10.0. The highest BCUT2D eigenvalue weighted by Crippen LogP contribution is 2.54. The lowest BCUT2D eigenvalue weighted by Gasteiger charge is -2.38. The van der Waals surface area contributed by atoms with Gasteiger partial charge in [-0.05, 0) is 56.1 Å². The van der Waals surface area contributed by atoms with Gasteiger partial charge >= 0.3 is 0 Å².